The van der Waals surface area contributed by atoms with Crippen LogP contribution in [0, 0.1) is 5.41 Å². The first-order chi connectivity index (χ1) is 11.7. The summed E-state index contributed by atoms with van der Waals surface area (Å²) in [6.07, 6.45) is 3.78. The van der Waals surface area contributed by atoms with Crippen LogP contribution in [0.1, 0.15) is 18.1 Å². The molecule has 1 saturated heterocycles. The van der Waals surface area contributed by atoms with E-state index in [1.807, 2.05) is 16.9 Å². The number of aromatic nitrogens is 2. The molecule has 3 rings (SSSR count). The molecule has 1 aliphatic heterocycles. The van der Waals surface area contributed by atoms with Crippen LogP contribution in [-0.2, 0) is 17.8 Å². The van der Waals surface area contributed by atoms with Gasteiger partial charge in [0.05, 0.1) is 19.8 Å². The standard InChI is InChI=1S/C18H25N5O/c1-18(13-24-14-18)12-21-17(19-2)20-10-15-6-3-4-7-16(15)11-23-9-5-8-22-23/h3-9H,10-14H2,1-2H3,(H2,19,20,21). The second-order valence-electron chi connectivity index (χ2n) is 6.56. The second kappa shape index (κ2) is 7.49. The highest BCUT2D eigenvalue weighted by Crippen LogP contribution is 2.24. The quantitative estimate of drug-likeness (QED) is 0.625. The Balaban J connectivity index is 1.57. The van der Waals surface area contributed by atoms with Gasteiger partial charge in [0, 0.05) is 37.9 Å². The average Bonchev–Trinajstić information content (AvgIpc) is 3.07. The van der Waals surface area contributed by atoms with E-state index in [1.54, 1.807) is 13.2 Å². The first-order valence-electron chi connectivity index (χ1n) is 8.25. The molecule has 1 aromatic carbocycles. The molecule has 0 unspecified atom stereocenters. The predicted octanol–water partition coefficient (Wildman–Crippen LogP) is 1.63. The van der Waals surface area contributed by atoms with Gasteiger partial charge in [0.15, 0.2) is 5.96 Å². The van der Waals surface area contributed by atoms with Gasteiger partial charge >= 0.3 is 0 Å². The Morgan fingerprint density at radius 2 is 2.04 bits per heavy atom. The first kappa shape index (κ1) is 16.5. The van der Waals surface area contributed by atoms with Crippen LogP contribution < -0.4 is 10.6 Å². The summed E-state index contributed by atoms with van der Waals surface area (Å²) in [7, 11) is 1.80. The van der Waals surface area contributed by atoms with Crippen molar-refractivity contribution in [3.63, 3.8) is 0 Å². The van der Waals surface area contributed by atoms with E-state index in [0.29, 0.717) is 0 Å². The van der Waals surface area contributed by atoms with Gasteiger partial charge in [-0.2, -0.15) is 5.10 Å². The van der Waals surface area contributed by atoms with Gasteiger partial charge in [-0.1, -0.05) is 31.2 Å². The fourth-order valence-corrected chi connectivity index (χ4v) is 2.70. The summed E-state index contributed by atoms with van der Waals surface area (Å²) in [5, 5.41) is 11.1. The number of aliphatic imine (C=N–C) groups is 1. The topological polar surface area (TPSA) is 63.5 Å². The highest BCUT2D eigenvalue weighted by molar-refractivity contribution is 5.79. The molecule has 1 aromatic heterocycles. The van der Waals surface area contributed by atoms with Crippen molar-refractivity contribution in [1.82, 2.24) is 20.4 Å². The number of hydrogen-bond acceptors (Lipinski definition) is 3. The van der Waals surface area contributed by atoms with E-state index >= 15 is 0 Å². The maximum absolute atomic E-state index is 5.29. The van der Waals surface area contributed by atoms with Gasteiger partial charge in [0.1, 0.15) is 0 Å². The monoisotopic (exact) mass is 327 g/mol. The van der Waals surface area contributed by atoms with Gasteiger partial charge in [0.25, 0.3) is 0 Å². The maximum Gasteiger partial charge on any atom is 0.191 e. The Hall–Kier alpha value is -2.34. The smallest absolute Gasteiger partial charge is 0.191 e. The maximum atomic E-state index is 5.29. The third-order valence-electron chi connectivity index (χ3n) is 4.26. The Kier molecular flexibility index (Phi) is 5.15. The van der Waals surface area contributed by atoms with E-state index in [1.165, 1.54) is 11.1 Å². The number of ether oxygens (including phenoxy) is 1. The summed E-state index contributed by atoms with van der Waals surface area (Å²) in [4.78, 5) is 4.31. The van der Waals surface area contributed by atoms with Gasteiger partial charge in [0.2, 0.25) is 0 Å². The lowest BCUT2D eigenvalue weighted by Gasteiger charge is -2.38. The molecule has 0 atom stereocenters. The summed E-state index contributed by atoms with van der Waals surface area (Å²) >= 11 is 0. The van der Waals surface area contributed by atoms with Crippen molar-refractivity contribution < 1.29 is 4.74 Å². The summed E-state index contributed by atoms with van der Waals surface area (Å²) in [6.45, 7) is 6.20. The minimum atomic E-state index is 0.218. The van der Waals surface area contributed by atoms with E-state index in [2.05, 4.69) is 51.9 Å². The predicted molar refractivity (Wildman–Crippen MR) is 94.9 cm³/mol. The fourth-order valence-electron chi connectivity index (χ4n) is 2.70. The van der Waals surface area contributed by atoms with Crippen LogP contribution in [0.3, 0.4) is 0 Å². The third-order valence-corrected chi connectivity index (χ3v) is 4.26. The summed E-state index contributed by atoms with van der Waals surface area (Å²) in [5.41, 5.74) is 2.72. The lowest BCUT2D eigenvalue weighted by Crippen LogP contribution is -2.50. The molecule has 6 nitrogen and oxygen atoms in total. The Bertz CT molecular complexity index is 676. The van der Waals surface area contributed by atoms with Crippen molar-refractivity contribution in [3.8, 4) is 0 Å². The summed E-state index contributed by atoms with van der Waals surface area (Å²) < 4.78 is 7.22. The molecule has 0 bridgehead atoms. The lowest BCUT2D eigenvalue weighted by molar-refractivity contribution is -0.0971. The van der Waals surface area contributed by atoms with E-state index in [0.717, 1.165) is 38.8 Å². The molecule has 0 amide bonds. The number of guanidine groups is 1. The fraction of sp³-hybridized carbons (Fsp3) is 0.444. The normalized spacial score (nSPS) is 16.5. The molecule has 2 aromatic rings. The Labute approximate surface area is 142 Å². The van der Waals surface area contributed by atoms with Gasteiger partial charge in [-0.25, -0.2) is 0 Å². The van der Waals surface area contributed by atoms with Crippen LogP contribution in [0.5, 0.6) is 0 Å². The van der Waals surface area contributed by atoms with Gasteiger partial charge in [-0.3, -0.25) is 9.67 Å². The van der Waals surface area contributed by atoms with Gasteiger partial charge < -0.3 is 15.4 Å². The Morgan fingerprint density at radius 3 is 2.67 bits per heavy atom. The van der Waals surface area contributed by atoms with Crippen LogP contribution in [0.15, 0.2) is 47.7 Å². The molecular weight excluding hydrogens is 302 g/mol. The second-order valence-corrected chi connectivity index (χ2v) is 6.56. The highest BCUT2D eigenvalue weighted by atomic mass is 16.5. The van der Waals surface area contributed by atoms with E-state index in [9.17, 15) is 0 Å². The van der Waals surface area contributed by atoms with Crippen LogP contribution in [0.2, 0.25) is 0 Å². The number of benzene rings is 1. The van der Waals surface area contributed by atoms with Crippen molar-refractivity contribution in [2.45, 2.75) is 20.0 Å². The average molecular weight is 327 g/mol. The number of nitrogens with one attached hydrogen (secondary N) is 2. The van der Waals surface area contributed by atoms with Crippen molar-refractivity contribution in [2.24, 2.45) is 10.4 Å². The number of hydrogen-bond donors (Lipinski definition) is 2. The molecule has 6 heteroatoms. The van der Waals surface area contributed by atoms with E-state index in [-0.39, 0.29) is 5.41 Å². The number of rotatable bonds is 6. The molecule has 2 N–H and O–H groups in total. The van der Waals surface area contributed by atoms with Crippen LogP contribution in [0.4, 0.5) is 0 Å². The summed E-state index contributed by atoms with van der Waals surface area (Å²) in [5.74, 6) is 0.817. The zero-order chi connectivity index (χ0) is 16.8. The van der Waals surface area contributed by atoms with E-state index in [4.69, 9.17) is 4.74 Å². The SMILES string of the molecule is CN=C(NCc1ccccc1Cn1cccn1)NCC1(C)COC1. The molecular formula is C18H25N5O. The number of nitrogens with zero attached hydrogens (tertiary/aromatic N) is 3. The van der Waals surface area contributed by atoms with Gasteiger partial charge in [-0.05, 0) is 17.2 Å². The highest BCUT2D eigenvalue weighted by Gasteiger charge is 2.33. The van der Waals surface area contributed by atoms with Crippen molar-refractivity contribution in [2.75, 3.05) is 26.8 Å². The molecule has 0 spiro atoms. The zero-order valence-corrected chi connectivity index (χ0v) is 14.3. The largest absolute Gasteiger partial charge is 0.380 e. The molecule has 0 saturated carbocycles. The lowest BCUT2D eigenvalue weighted by atomic mass is 9.89. The minimum absolute atomic E-state index is 0.218. The molecule has 1 fully saturated rings. The molecule has 0 radical (unpaired) electrons. The van der Waals surface area contributed by atoms with Crippen LogP contribution in [-0.4, -0.2) is 42.5 Å². The van der Waals surface area contributed by atoms with Crippen molar-refractivity contribution in [1.29, 1.82) is 0 Å². The minimum Gasteiger partial charge on any atom is -0.380 e. The van der Waals surface area contributed by atoms with Gasteiger partial charge in [-0.15, -0.1) is 0 Å². The zero-order valence-electron chi connectivity index (χ0n) is 14.3. The molecule has 2 heterocycles. The molecule has 128 valence electrons. The third kappa shape index (κ3) is 4.14. The molecule has 1 aliphatic rings. The Morgan fingerprint density at radius 1 is 1.25 bits per heavy atom. The molecule has 24 heavy (non-hydrogen) atoms. The van der Waals surface area contributed by atoms with E-state index < -0.39 is 0 Å². The molecule has 0 aliphatic carbocycles. The van der Waals surface area contributed by atoms with Crippen LogP contribution in [0.25, 0.3) is 0 Å². The van der Waals surface area contributed by atoms with Crippen molar-refractivity contribution in [3.05, 3.63) is 53.9 Å². The van der Waals surface area contributed by atoms with Crippen LogP contribution >= 0.6 is 0 Å². The first-order valence-corrected chi connectivity index (χ1v) is 8.25. The summed E-state index contributed by atoms with van der Waals surface area (Å²) in [6, 6.07) is 10.3. The van der Waals surface area contributed by atoms with Crippen molar-refractivity contribution >= 4 is 5.96 Å².